The maximum atomic E-state index is 8.49. The van der Waals surface area contributed by atoms with Crippen molar-refractivity contribution in [3.8, 4) is 11.1 Å². The molecule has 3 rings (SSSR count). The highest BCUT2D eigenvalue weighted by Crippen LogP contribution is 2.37. The highest BCUT2D eigenvalue weighted by atomic mass is 35.5. The highest BCUT2D eigenvalue weighted by molar-refractivity contribution is 6.34. The van der Waals surface area contributed by atoms with E-state index in [1.54, 1.807) is 0 Å². The second-order valence-corrected chi connectivity index (χ2v) is 8.03. The van der Waals surface area contributed by atoms with Gasteiger partial charge in [-0.1, -0.05) is 73.0 Å². The van der Waals surface area contributed by atoms with E-state index in [-0.39, 0.29) is 0 Å². The number of benzene rings is 2. The molecule has 0 spiro atoms. The van der Waals surface area contributed by atoms with Crippen LogP contribution in [0.25, 0.3) is 21.6 Å². The number of likely N-dealkylation sites (tertiary alicyclic amines) is 1. The van der Waals surface area contributed by atoms with Gasteiger partial charge in [0.25, 0.3) is 0 Å². The predicted octanol–water partition coefficient (Wildman–Crippen LogP) is 6.65. The fourth-order valence-corrected chi connectivity index (χ4v) is 4.47. The quantitative estimate of drug-likeness (QED) is 0.313. The summed E-state index contributed by atoms with van der Waals surface area (Å²) in [6, 6.07) is 14.8. The summed E-state index contributed by atoms with van der Waals surface area (Å²) in [4.78, 5) is 5.38. The van der Waals surface area contributed by atoms with Gasteiger partial charge in [0.1, 0.15) is 0 Å². The normalized spacial score (nSPS) is 15.7. The maximum absolute atomic E-state index is 8.49. The van der Waals surface area contributed by atoms with Crippen LogP contribution in [0, 0.1) is 5.92 Å². The van der Waals surface area contributed by atoms with E-state index in [4.69, 9.17) is 17.1 Å². The lowest BCUT2D eigenvalue weighted by atomic mass is 9.91. The van der Waals surface area contributed by atoms with Crippen LogP contribution in [0.1, 0.15) is 43.7 Å². The molecule has 142 valence electrons. The van der Waals surface area contributed by atoms with Crippen molar-refractivity contribution in [2.24, 2.45) is 11.0 Å². The lowest BCUT2D eigenvalue weighted by Gasteiger charge is -2.32. The summed E-state index contributed by atoms with van der Waals surface area (Å²) in [6.45, 7) is 8.06. The van der Waals surface area contributed by atoms with Crippen molar-refractivity contribution in [3.05, 3.63) is 69.1 Å². The molecule has 2 aromatic rings. The Labute approximate surface area is 166 Å². The molecule has 0 radical (unpaired) electrons. The van der Waals surface area contributed by atoms with Gasteiger partial charge in [-0.25, -0.2) is 0 Å². The van der Waals surface area contributed by atoms with Crippen molar-refractivity contribution < 1.29 is 0 Å². The fourth-order valence-electron chi connectivity index (χ4n) is 3.96. The zero-order chi connectivity index (χ0) is 19.2. The van der Waals surface area contributed by atoms with E-state index < -0.39 is 0 Å². The summed E-state index contributed by atoms with van der Waals surface area (Å²) >= 11 is 6.88. The first-order valence-corrected chi connectivity index (χ1v) is 10.1. The average molecular weight is 383 g/mol. The Morgan fingerprint density at radius 2 is 1.85 bits per heavy atom. The second-order valence-electron chi connectivity index (χ2n) is 7.65. The molecular formula is C22H27ClN4. The Balaban J connectivity index is 1.78. The number of nitrogens with zero attached hydrogens (tertiary/aromatic N) is 4. The molecule has 0 N–H and O–H groups in total. The van der Waals surface area contributed by atoms with Gasteiger partial charge in [-0.15, -0.1) is 0 Å². The van der Waals surface area contributed by atoms with Crippen LogP contribution in [0.4, 0.5) is 0 Å². The summed E-state index contributed by atoms with van der Waals surface area (Å²) in [5, 5.41) is 4.62. The van der Waals surface area contributed by atoms with Gasteiger partial charge in [0.15, 0.2) is 0 Å². The zero-order valence-corrected chi connectivity index (χ0v) is 16.9. The third kappa shape index (κ3) is 4.84. The number of halogens is 1. The minimum atomic E-state index is 0.374. The Morgan fingerprint density at radius 3 is 2.48 bits per heavy atom. The molecule has 5 heteroatoms. The number of rotatable bonds is 6. The van der Waals surface area contributed by atoms with Crippen molar-refractivity contribution in [1.29, 1.82) is 0 Å². The summed E-state index contributed by atoms with van der Waals surface area (Å²) in [6.07, 6.45) is 2.18. The van der Waals surface area contributed by atoms with E-state index >= 15 is 0 Å². The zero-order valence-electron chi connectivity index (χ0n) is 16.1. The van der Waals surface area contributed by atoms with Gasteiger partial charge < -0.3 is 0 Å². The molecule has 0 atom stereocenters. The molecule has 1 aliphatic rings. The second kappa shape index (κ2) is 9.27. The Morgan fingerprint density at radius 1 is 1.15 bits per heavy atom. The van der Waals surface area contributed by atoms with E-state index in [0.29, 0.717) is 18.4 Å². The monoisotopic (exact) mass is 382 g/mol. The number of azide groups is 1. The molecule has 0 aromatic heterocycles. The molecule has 1 saturated heterocycles. The molecule has 1 aliphatic heterocycles. The molecule has 1 fully saturated rings. The van der Waals surface area contributed by atoms with Crippen LogP contribution < -0.4 is 0 Å². The van der Waals surface area contributed by atoms with Gasteiger partial charge in [0.2, 0.25) is 0 Å². The minimum Gasteiger partial charge on any atom is -0.299 e. The van der Waals surface area contributed by atoms with Crippen molar-refractivity contribution in [1.82, 2.24) is 4.90 Å². The minimum absolute atomic E-state index is 0.374. The number of hydrogen-bond acceptors (Lipinski definition) is 2. The van der Waals surface area contributed by atoms with Crippen molar-refractivity contribution in [3.63, 3.8) is 0 Å². The summed E-state index contributed by atoms with van der Waals surface area (Å²) < 4.78 is 0. The van der Waals surface area contributed by atoms with Gasteiger partial charge in [0, 0.05) is 23.6 Å². The fraction of sp³-hybridized carbons (Fsp3) is 0.455. The van der Waals surface area contributed by atoms with Crippen molar-refractivity contribution >= 4 is 11.6 Å². The van der Waals surface area contributed by atoms with Gasteiger partial charge in [0.05, 0.1) is 5.02 Å². The van der Waals surface area contributed by atoms with Crippen molar-refractivity contribution in [2.45, 2.75) is 39.2 Å². The summed E-state index contributed by atoms with van der Waals surface area (Å²) in [5.74, 6) is 0.893. The van der Waals surface area contributed by atoms with E-state index in [1.165, 1.54) is 11.1 Å². The predicted molar refractivity (Wildman–Crippen MR) is 113 cm³/mol. The summed E-state index contributed by atoms with van der Waals surface area (Å²) in [5.41, 5.74) is 13.3. The number of piperidine rings is 1. The maximum Gasteiger partial charge on any atom is 0.0522 e. The molecule has 4 nitrogen and oxygen atoms in total. The lowest BCUT2D eigenvalue weighted by Crippen LogP contribution is -2.34. The standard InChI is InChI=1S/C22H27ClN4/c1-16(2)21-19(15-27-12-10-17(11-13-27)14-25-26-24)8-9-20(22(21)23)18-6-4-3-5-7-18/h3-9,16-17H,10-15H2,1-2H3. The van der Waals surface area contributed by atoms with E-state index in [1.807, 2.05) is 6.07 Å². The molecule has 2 aromatic carbocycles. The van der Waals surface area contributed by atoms with Gasteiger partial charge in [-0.05, 0) is 60.0 Å². The SMILES string of the molecule is CC(C)c1c(CN2CCC(CN=[N+]=[N-])CC2)ccc(-c2ccccc2)c1Cl. The van der Waals surface area contributed by atoms with Crippen molar-refractivity contribution in [2.75, 3.05) is 19.6 Å². The van der Waals surface area contributed by atoms with Gasteiger partial charge >= 0.3 is 0 Å². The highest BCUT2D eigenvalue weighted by Gasteiger charge is 2.21. The summed E-state index contributed by atoms with van der Waals surface area (Å²) in [7, 11) is 0. The number of hydrogen-bond donors (Lipinski definition) is 0. The van der Waals surface area contributed by atoms with Crippen LogP contribution in [0.5, 0.6) is 0 Å². The Kier molecular flexibility index (Phi) is 6.78. The van der Waals surface area contributed by atoms with E-state index in [0.717, 1.165) is 48.6 Å². The third-order valence-electron chi connectivity index (χ3n) is 5.44. The van der Waals surface area contributed by atoms with Crippen LogP contribution in [0.3, 0.4) is 0 Å². The van der Waals surface area contributed by atoms with Crippen LogP contribution >= 0.6 is 11.6 Å². The van der Waals surface area contributed by atoms with Crippen LogP contribution in [0.2, 0.25) is 5.02 Å². The Hall–Kier alpha value is -2.00. The molecule has 1 heterocycles. The average Bonchev–Trinajstić information content (AvgIpc) is 2.68. The third-order valence-corrected chi connectivity index (χ3v) is 5.84. The Bertz CT molecular complexity index is 805. The first-order chi connectivity index (χ1) is 13.1. The largest absolute Gasteiger partial charge is 0.299 e. The molecule has 0 bridgehead atoms. The molecular weight excluding hydrogens is 356 g/mol. The molecule has 27 heavy (non-hydrogen) atoms. The van der Waals surface area contributed by atoms with Gasteiger partial charge in [-0.3, -0.25) is 4.90 Å². The van der Waals surface area contributed by atoms with Crippen LogP contribution in [-0.4, -0.2) is 24.5 Å². The van der Waals surface area contributed by atoms with Crippen LogP contribution in [0.15, 0.2) is 47.6 Å². The smallest absolute Gasteiger partial charge is 0.0522 e. The lowest BCUT2D eigenvalue weighted by molar-refractivity contribution is 0.180. The van der Waals surface area contributed by atoms with E-state index in [2.05, 4.69) is 65.2 Å². The molecule has 0 saturated carbocycles. The molecule has 0 amide bonds. The molecule has 0 unspecified atom stereocenters. The molecule has 0 aliphatic carbocycles. The van der Waals surface area contributed by atoms with E-state index in [9.17, 15) is 0 Å². The van der Waals surface area contributed by atoms with Crippen LogP contribution in [-0.2, 0) is 6.54 Å². The first kappa shape index (κ1) is 19.8. The first-order valence-electron chi connectivity index (χ1n) is 9.70. The topological polar surface area (TPSA) is 52.0 Å². The van der Waals surface area contributed by atoms with Gasteiger partial charge in [-0.2, -0.15) is 0 Å².